The van der Waals surface area contributed by atoms with Gasteiger partial charge in [-0.15, -0.1) is 0 Å². The molecule has 0 unspecified atom stereocenters. The maximum Gasteiger partial charge on any atom is 0.416 e. The topological polar surface area (TPSA) is 38.3 Å². The third kappa shape index (κ3) is 3.97. The molecular formula is C11H12F3NO2. The van der Waals surface area contributed by atoms with E-state index in [1.165, 1.54) is 6.07 Å². The summed E-state index contributed by atoms with van der Waals surface area (Å²) in [6.45, 7) is 3.40. The number of halogens is 3. The molecular weight excluding hydrogens is 235 g/mol. The van der Waals surface area contributed by atoms with Gasteiger partial charge in [-0.3, -0.25) is 4.79 Å². The lowest BCUT2D eigenvalue weighted by Crippen LogP contribution is -2.10. The Balaban J connectivity index is 3.13. The van der Waals surface area contributed by atoms with Crippen molar-refractivity contribution in [2.45, 2.75) is 26.1 Å². The quantitative estimate of drug-likeness (QED) is 0.830. The molecule has 0 aliphatic heterocycles. The van der Waals surface area contributed by atoms with E-state index in [-0.39, 0.29) is 17.5 Å². The number of hydrogen-bond acceptors (Lipinski definition) is 2. The van der Waals surface area contributed by atoms with E-state index in [4.69, 9.17) is 4.74 Å². The van der Waals surface area contributed by atoms with E-state index in [1.807, 2.05) is 0 Å². The van der Waals surface area contributed by atoms with E-state index in [9.17, 15) is 18.0 Å². The molecule has 1 aromatic carbocycles. The van der Waals surface area contributed by atoms with Crippen molar-refractivity contribution in [2.75, 3.05) is 5.32 Å². The maximum atomic E-state index is 12.6. The number of benzene rings is 1. The Bertz CT molecular complexity index is 402. The smallest absolute Gasteiger partial charge is 0.416 e. The predicted octanol–water partition coefficient (Wildman–Crippen LogP) is 3.06. The van der Waals surface area contributed by atoms with Crippen molar-refractivity contribution in [1.29, 1.82) is 0 Å². The molecule has 6 heteroatoms. The number of anilines is 1. The molecule has 0 atom stereocenters. The fourth-order valence-corrected chi connectivity index (χ4v) is 1.25. The summed E-state index contributed by atoms with van der Waals surface area (Å²) < 4.78 is 42.8. The lowest BCUT2D eigenvalue weighted by Gasteiger charge is -2.14. The Hall–Kier alpha value is -1.72. The van der Waals surface area contributed by atoms with Crippen LogP contribution in [-0.4, -0.2) is 12.5 Å². The average molecular weight is 247 g/mol. The maximum absolute atomic E-state index is 12.6. The highest BCUT2D eigenvalue weighted by Gasteiger charge is 2.31. The van der Waals surface area contributed by atoms with Gasteiger partial charge >= 0.3 is 6.18 Å². The number of carbonyl (C=O) groups excluding carboxylic acids is 1. The lowest BCUT2D eigenvalue weighted by atomic mass is 10.2. The molecule has 0 saturated carbocycles. The summed E-state index contributed by atoms with van der Waals surface area (Å²) >= 11 is 0. The van der Waals surface area contributed by atoms with Crippen molar-refractivity contribution >= 4 is 12.1 Å². The van der Waals surface area contributed by atoms with Crippen LogP contribution in [0.5, 0.6) is 5.75 Å². The largest absolute Gasteiger partial charge is 0.491 e. The first-order valence-electron chi connectivity index (χ1n) is 4.92. The molecule has 1 rings (SSSR count). The molecule has 0 aliphatic carbocycles. The molecule has 1 N–H and O–H groups in total. The van der Waals surface area contributed by atoms with Crippen LogP contribution in [0.1, 0.15) is 19.4 Å². The highest BCUT2D eigenvalue weighted by molar-refractivity contribution is 5.72. The van der Waals surface area contributed by atoms with E-state index in [0.29, 0.717) is 6.41 Å². The molecule has 0 bridgehead atoms. The van der Waals surface area contributed by atoms with Crippen LogP contribution in [-0.2, 0) is 11.0 Å². The van der Waals surface area contributed by atoms with Crippen molar-refractivity contribution in [3.63, 3.8) is 0 Å². The van der Waals surface area contributed by atoms with Crippen LogP contribution < -0.4 is 10.1 Å². The second-order valence-corrected chi connectivity index (χ2v) is 3.67. The number of nitrogens with one attached hydrogen (secondary N) is 1. The van der Waals surface area contributed by atoms with Gasteiger partial charge in [-0.25, -0.2) is 0 Å². The van der Waals surface area contributed by atoms with Crippen molar-refractivity contribution in [3.8, 4) is 5.75 Å². The number of ether oxygens (including phenoxy) is 1. The fraction of sp³-hybridized carbons (Fsp3) is 0.364. The van der Waals surface area contributed by atoms with Gasteiger partial charge in [0, 0.05) is 11.8 Å². The monoisotopic (exact) mass is 247 g/mol. The molecule has 0 aromatic heterocycles. The highest BCUT2D eigenvalue weighted by Crippen LogP contribution is 2.34. The second kappa shape index (κ2) is 5.07. The van der Waals surface area contributed by atoms with Crippen LogP contribution in [0.15, 0.2) is 18.2 Å². The van der Waals surface area contributed by atoms with Gasteiger partial charge in [0.25, 0.3) is 0 Å². The molecule has 0 heterocycles. The predicted molar refractivity (Wildman–Crippen MR) is 56.9 cm³/mol. The molecule has 0 radical (unpaired) electrons. The summed E-state index contributed by atoms with van der Waals surface area (Å²) in [5.74, 6) is 0.0687. The molecule has 3 nitrogen and oxygen atoms in total. The van der Waals surface area contributed by atoms with E-state index < -0.39 is 11.7 Å². The summed E-state index contributed by atoms with van der Waals surface area (Å²) in [5.41, 5.74) is -0.814. The summed E-state index contributed by atoms with van der Waals surface area (Å²) in [6, 6.07) is 3.08. The molecule has 0 aliphatic rings. The summed E-state index contributed by atoms with van der Waals surface area (Å²) in [4.78, 5) is 10.2. The number of rotatable bonds is 4. The van der Waals surface area contributed by atoms with Crippen LogP contribution in [0.3, 0.4) is 0 Å². The summed E-state index contributed by atoms with van der Waals surface area (Å²) in [6.07, 6.45) is -4.41. The van der Waals surface area contributed by atoms with E-state index in [0.717, 1.165) is 12.1 Å². The Morgan fingerprint density at radius 1 is 1.29 bits per heavy atom. The Morgan fingerprint density at radius 2 is 1.94 bits per heavy atom. The normalized spacial score (nSPS) is 11.4. The lowest BCUT2D eigenvalue weighted by molar-refractivity contribution is -0.137. The van der Waals surface area contributed by atoms with Gasteiger partial charge in [0.2, 0.25) is 6.41 Å². The van der Waals surface area contributed by atoms with Gasteiger partial charge < -0.3 is 10.1 Å². The number of hydrogen-bond donors (Lipinski definition) is 1. The Kier molecular flexibility index (Phi) is 3.98. The van der Waals surface area contributed by atoms with E-state index >= 15 is 0 Å². The number of amides is 1. The van der Waals surface area contributed by atoms with Gasteiger partial charge in [0.05, 0.1) is 11.7 Å². The molecule has 0 fully saturated rings. The zero-order valence-electron chi connectivity index (χ0n) is 9.34. The third-order valence-electron chi connectivity index (χ3n) is 1.83. The first-order valence-corrected chi connectivity index (χ1v) is 4.92. The summed E-state index contributed by atoms with van der Waals surface area (Å²) in [7, 11) is 0. The minimum Gasteiger partial charge on any atom is -0.491 e. The van der Waals surface area contributed by atoms with E-state index in [2.05, 4.69) is 5.32 Å². The van der Waals surface area contributed by atoms with Crippen molar-refractivity contribution in [3.05, 3.63) is 23.8 Å². The number of carbonyl (C=O) groups is 1. The highest BCUT2D eigenvalue weighted by atomic mass is 19.4. The average Bonchev–Trinajstić information content (AvgIpc) is 2.15. The fourth-order valence-electron chi connectivity index (χ4n) is 1.25. The van der Waals surface area contributed by atoms with E-state index in [1.54, 1.807) is 13.8 Å². The van der Waals surface area contributed by atoms with Crippen LogP contribution >= 0.6 is 0 Å². The second-order valence-electron chi connectivity index (χ2n) is 3.67. The first-order chi connectivity index (χ1) is 7.82. The molecule has 94 valence electrons. The van der Waals surface area contributed by atoms with Crippen molar-refractivity contribution in [1.82, 2.24) is 0 Å². The zero-order valence-corrected chi connectivity index (χ0v) is 9.34. The summed E-state index contributed by atoms with van der Waals surface area (Å²) in [5, 5.41) is 2.17. The van der Waals surface area contributed by atoms with Crippen LogP contribution in [0, 0.1) is 0 Å². The minimum atomic E-state index is -4.48. The van der Waals surface area contributed by atoms with Crippen LogP contribution in [0.2, 0.25) is 0 Å². The molecule has 1 amide bonds. The van der Waals surface area contributed by atoms with Gasteiger partial charge in [0.1, 0.15) is 5.75 Å². The van der Waals surface area contributed by atoms with Gasteiger partial charge in [0.15, 0.2) is 0 Å². The van der Waals surface area contributed by atoms with Gasteiger partial charge in [-0.1, -0.05) is 0 Å². The Morgan fingerprint density at radius 3 is 2.41 bits per heavy atom. The molecule has 17 heavy (non-hydrogen) atoms. The molecule has 0 spiro atoms. The van der Waals surface area contributed by atoms with Crippen LogP contribution in [0.25, 0.3) is 0 Å². The zero-order chi connectivity index (χ0) is 13.1. The first kappa shape index (κ1) is 13.3. The standard InChI is InChI=1S/C11H12F3NO2/c1-7(2)17-10-4-8(11(12,13)14)3-9(5-10)15-6-16/h3-7H,1-2H3,(H,15,16). The van der Waals surface area contributed by atoms with Crippen molar-refractivity contribution < 1.29 is 22.7 Å². The molecule has 1 aromatic rings. The van der Waals surface area contributed by atoms with Crippen LogP contribution in [0.4, 0.5) is 18.9 Å². The molecule has 0 saturated heterocycles. The third-order valence-corrected chi connectivity index (χ3v) is 1.83. The number of alkyl halides is 3. The van der Waals surface area contributed by atoms with Crippen molar-refractivity contribution in [2.24, 2.45) is 0 Å². The Labute approximate surface area is 96.6 Å². The minimum absolute atomic E-state index is 0.0467. The SMILES string of the molecule is CC(C)Oc1cc(NC=O)cc(C(F)(F)F)c1. The van der Waals surface area contributed by atoms with Gasteiger partial charge in [-0.05, 0) is 26.0 Å². The van der Waals surface area contributed by atoms with Gasteiger partial charge in [-0.2, -0.15) is 13.2 Å².